The van der Waals surface area contributed by atoms with Crippen LogP contribution in [0.1, 0.15) is 29.3 Å². The third-order valence-corrected chi connectivity index (χ3v) is 6.57. The molecule has 0 unspecified atom stereocenters. The number of allylic oxidation sites excluding steroid dienone is 1. The van der Waals surface area contributed by atoms with Crippen molar-refractivity contribution in [3.8, 4) is 0 Å². The average Bonchev–Trinajstić information content (AvgIpc) is 3.01. The van der Waals surface area contributed by atoms with E-state index in [1.807, 2.05) is 17.8 Å². The highest BCUT2D eigenvalue weighted by atomic mass is 127. The number of anilines is 1. The van der Waals surface area contributed by atoms with Crippen LogP contribution in [-0.4, -0.2) is 6.54 Å². The summed E-state index contributed by atoms with van der Waals surface area (Å²) < 4.78 is 2.36. The van der Waals surface area contributed by atoms with Crippen molar-refractivity contribution >= 4 is 34.4 Å². The van der Waals surface area contributed by atoms with Crippen LogP contribution in [0.2, 0.25) is 0 Å². The molecule has 1 aliphatic heterocycles. The van der Waals surface area contributed by atoms with E-state index in [4.69, 9.17) is 0 Å². The second-order valence-electron chi connectivity index (χ2n) is 7.48. The molecule has 29 heavy (non-hydrogen) atoms. The minimum Gasteiger partial charge on any atom is -1.00 e. The molecule has 0 atom stereocenters. The number of pyridine rings is 1. The van der Waals surface area contributed by atoms with E-state index in [0.29, 0.717) is 0 Å². The number of rotatable bonds is 4. The summed E-state index contributed by atoms with van der Waals surface area (Å²) in [5, 5.41) is 2.55. The number of aryl methyl sites for hydroxylation is 3. The zero-order chi connectivity index (χ0) is 19.8. The normalized spacial score (nSPS) is 14.2. The molecule has 4 heteroatoms. The van der Waals surface area contributed by atoms with Gasteiger partial charge in [-0.15, -0.1) is 0 Å². The Morgan fingerprint density at radius 2 is 1.79 bits per heavy atom. The summed E-state index contributed by atoms with van der Waals surface area (Å²) in [4.78, 5) is 3.81. The van der Waals surface area contributed by atoms with Crippen molar-refractivity contribution in [1.29, 1.82) is 0 Å². The number of aromatic nitrogens is 1. The Labute approximate surface area is 195 Å². The molecule has 0 radical (unpaired) electrons. The van der Waals surface area contributed by atoms with Crippen LogP contribution in [-0.2, 0) is 6.54 Å². The van der Waals surface area contributed by atoms with Gasteiger partial charge >= 0.3 is 0 Å². The van der Waals surface area contributed by atoms with Crippen LogP contribution in [0, 0.1) is 20.8 Å². The predicted molar refractivity (Wildman–Crippen MR) is 122 cm³/mol. The van der Waals surface area contributed by atoms with Gasteiger partial charge < -0.3 is 28.9 Å². The molecule has 3 aromatic rings. The lowest BCUT2D eigenvalue weighted by Crippen LogP contribution is -3.00. The molecule has 4 rings (SSSR count). The van der Waals surface area contributed by atoms with Crippen molar-refractivity contribution in [2.75, 3.05) is 11.4 Å². The van der Waals surface area contributed by atoms with Gasteiger partial charge in [0.25, 0.3) is 0 Å². The summed E-state index contributed by atoms with van der Waals surface area (Å²) in [6.45, 7) is 14.5. The van der Waals surface area contributed by atoms with E-state index in [9.17, 15) is 0 Å². The zero-order valence-electron chi connectivity index (χ0n) is 17.5. The number of fused-ring (bicyclic) bond motifs is 2. The smallest absolute Gasteiger partial charge is 0.213 e. The molecule has 0 saturated heterocycles. The van der Waals surface area contributed by atoms with Crippen molar-refractivity contribution in [3.05, 3.63) is 82.5 Å². The van der Waals surface area contributed by atoms with Gasteiger partial charge in [0, 0.05) is 35.0 Å². The second-order valence-corrected chi connectivity index (χ2v) is 8.51. The number of thioether (sulfide) groups is 1. The lowest BCUT2D eigenvalue weighted by molar-refractivity contribution is -0.662. The third kappa shape index (κ3) is 4.10. The number of nitrogens with zero attached hydrogens (tertiary/aromatic N) is 2. The highest BCUT2D eigenvalue weighted by Crippen LogP contribution is 2.48. The first-order valence-electron chi connectivity index (χ1n) is 9.84. The maximum absolute atomic E-state index is 3.99. The monoisotopic (exact) mass is 514 g/mol. The Morgan fingerprint density at radius 1 is 1.03 bits per heavy atom. The first kappa shape index (κ1) is 21.9. The first-order chi connectivity index (χ1) is 13.5. The number of hydrogen-bond donors (Lipinski definition) is 0. The van der Waals surface area contributed by atoms with E-state index >= 15 is 0 Å². The number of halogens is 1. The quantitative estimate of drug-likeness (QED) is 0.300. The largest absolute Gasteiger partial charge is 1.00 e. The van der Waals surface area contributed by atoms with Gasteiger partial charge in [0.05, 0.1) is 10.7 Å². The van der Waals surface area contributed by atoms with Crippen LogP contribution in [0.5, 0.6) is 0 Å². The summed E-state index contributed by atoms with van der Waals surface area (Å²) in [6, 6.07) is 15.7. The van der Waals surface area contributed by atoms with E-state index < -0.39 is 0 Å². The van der Waals surface area contributed by atoms with Gasteiger partial charge in [-0.1, -0.05) is 30.5 Å². The number of benzene rings is 2. The molecule has 150 valence electrons. The fourth-order valence-electron chi connectivity index (χ4n) is 4.00. The molecule has 0 amide bonds. The highest BCUT2D eigenvalue weighted by Gasteiger charge is 2.27. The van der Waals surface area contributed by atoms with Gasteiger partial charge in [-0.25, -0.2) is 0 Å². The molecular formula is C25H27IN2S. The van der Waals surface area contributed by atoms with Crippen molar-refractivity contribution < 1.29 is 28.5 Å². The molecule has 0 N–H and O–H groups in total. The maximum atomic E-state index is 3.99. The molecule has 0 aliphatic carbocycles. The molecular weight excluding hydrogens is 487 g/mol. The minimum atomic E-state index is 0. The number of hydrogen-bond acceptors (Lipinski definition) is 2. The first-order valence-corrected chi connectivity index (χ1v) is 10.7. The fourth-order valence-corrected chi connectivity index (χ4v) is 5.22. The molecule has 0 bridgehead atoms. The summed E-state index contributed by atoms with van der Waals surface area (Å²) >= 11 is 1.88. The van der Waals surface area contributed by atoms with E-state index in [0.717, 1.165) is 13.1 Å². The summed E-state index contributed by atoms with van der Waals surface area (Å²) in [6.07, 6.45) is 4.31. The van der Waals surface area contributed by atoms with Gasteiger partial charge in [0.15, 0.2) is 6.54 Å². The van der Waals surface area contributed by atoms with Crippen LogP contribution in [0.25, 0.3) is 17.0 Å². The van der Waals surface area contributed by atoms with Crippen molar-refractivity contribution in [2.45, 2.75) is 39.1 Å². The Kier molecular flexibility index (Phi) is 6.74. The highest BCUT2D eigenvalue weighted by molar-refractivity contribution is 8.04. The second kappa shape index (κ2) is 8.92. The molecule has 2 aromatic carbocycles. The van der Waals surface area contributed by atoms with Gasteiger partial charge in [0.1, 0.15) is 0 Å². The molecule has 2 nitrogen and oxygen atoms in total. The van der Waals surface area contributed by atoms with Crippen molar-refractivity contribution in [3.63, 3.8) is 0 Å². The van der Waals surface area contributed by atoms with Crippen LogP contribution in [0.3, 0.4) is 0 Å². The summed E-state index contributed by atoms with van der Waals surface area (Å²) in [5.74, 6) is 0. The SMILES string of the molecule is C=CC[n+]1c(/C=C2\Sc3c(C)cc(C)cc3N2CC)ccc2ccc(C)cc21.[I-]. The maximum Gasteiger partial charge on any atom is 0.213 e. The topological polar surface area (TPSA) is 7.12 Å². The summed E-state index contributed by atoms with van der Waals surface area (Å²) in [7, 11) is 0. The fraction of sp³-hybridized carbons (Fsp3) is 0.240. The standard InChI is InChI=1S/C25H27N2S.HI/c1-6-12-27-21(11-10-20-9-8-17(3)14-22(20)27)16-24-26(7-2)23-15-18(4)13-19(5)25(23)28-24;/h6,8-11,13-16H,1,7,12H2,2-5H3;1H/q+1;/p-1. The zero-order valence-corrected chi connectivity index (χ0v) is 20.5. The van der Waals surface area contributed by atoms with Crippen LogP contribution < -0.4 is 33.4 Å². The summed E-state index contributed by atoms with van der Waals surface area (Å²) in [5.41, 5.74) is 7.75. The lowest BCUT2D eigenvalue weighted by atomic mass is 10.1. The van der Waals surface area contributed by atoms with E-state index in [-0.39, 0.29) is 24.0 Å². The van der Waals surface area contributed by atoms with Gasteiger partial charge in [-0.05, 0) is 68.7 Å². The molecule has 2 heterocycles. The average molecular weight is 514 g/mol. The third-order valence-electron chi connectivity index (χ3n) is 5.28. The van der Waals surface area contributed by atoms with Gasteiger partial charge in [0.2, 0.25) is 11.2 Å². The van der Waals surface area contributed by atoms with E-state index in [2.05, 4.69) is 92.3 Å². The minimum absolute atomic E-state index is 0. The van der Waals surface area contributed by atoms with E-state index in [1.165, 1.54) is 48.9 Å². The molecule has 1 aromatic heterocycles. The molecule has 0 fully saturated rings. The Bertz CT molecular complexity index is 1120. The van der Waals surface area contributed by atoms with Crippen LogP contribution >= 0.6 is 11.8 Å². The van der Waals surface area contributed by atoms with Crippen molar-refractivity contribution in [1.82, 2.24) is 0 Å². The van der Waals surface area contributed by atoms with Crippen molar-refractivity contribution in [2.24, 2.45) is 0 Å². The van der Waals surface area contributed by atoms with Crippen LogP contribution in [0.4, 0.5) is 5.69 Å². The Hall–Kier alpha value is -1.79. The predicted octanol–water partition coefficient (Wildman–Crippen LogP) is 3.17. The van der Waals surface area contributed by atoms with E-state index in [1.54, 1.807) is 0 Å². The van der Waals surface area contributed by atoms with Gasteiger partial charge in [-0.2, -0.15) is 4.57 Å². The molecule has 1 aliphatic rings. The van der Waals surface area contributed by atoms with Crippen LogP contribution in [0.15, 0.2) is 65.0 Å². The molecule has 0 saturated carbocycles. The lowest BCUT2D eigenvalue weighted by Gasteiger charge is -2.18. The molecule has 0 spiro atoms. The Balaban J connectivity index is 0.00000240. The van der Waals surface area contributed by atoms with Gasteiger partial charge in [-0.3, -0.25) is 0 Å². The Morgan fingerprint density at radius 3 is 2.52 bits per heavy atom.